The molecule has 1 aromatic carbocycles. The molecule has 2 atom stereocenters. The van der Waals surface area contributed by atoms with E-state index in [-0.39, 0.29) is 0 Å². The van der Waals surface area contributed by atoms with E-state index >= 15 is 0 Å². The average molecular weight is 306 g/mol. The van der Waals surface area contributed by atoms with Crippen LogP contribution in [0.15, 0.2) is 18.2 Å². The van der Waals surface area contributed by atoms with Gasteiger partial charge in [-0.3, -0.25) is 4.90 Å². The summed E-state index contributed by atoms with van der Waals surface area (Å²) in [6.07, 6.45) is 4.14. The number of nitrogens with two attached hydrogens (primary N) is 1. The summed E-state index contributed by atoms with van der Waals surface area (Å²) in [5, 5.41) is 0. The number of benzene rings is 1. The van der Waals surface area contributed by atoms with Crippen LogP contribution in [-0.4, -0.2) is 42.3 Å². The second-order valence-electron chi connectivity index (χ2n) is 5.78. The minimum atomic E-state index is 0.376. The normalized spacial score (nSPS) is 25.6. The van der Waals surface area contributed by atoms with Gasteiger partial charge in [-0.1, -0.05) is 18.3 Å². The van der Waals surface area contributed by atoms with Crippen molar-refractivity contribution in [3.63, 3.8) is 0 Å². The number of ether oxygens (including phenoxy) is 2. The monoisotopic (exact) mass is 306 g/mol. The third kappa shape index (κ3) is 3.05. The second kappa shape index (κ2) is 6.30. The standard InChI is InChI=1S/C16H22N2O2S/c1-19-15-9-11(5-6-12(15)16(17)21)10-18-7-8-20-14-4-2-3-13(14)18/h5-6,9,13-14H,2-4,7-8,10H2,1H3,(H2,17,21). The van der Waals surface area contributed by atoms with E-state index in [1.54, 1.807) is 7.11 Å². The van der Waals surface area contributed by atoms with Crippen molar-refractivity contribution in [3.05, 3.63) is 29.3 Å². The van der Waals surface area contributed by atoms with Gasteiger partial charge >= 0.3 is 0 Å². The Morgan fingerprint density at radius 2 is 2.33 bits per heavy atom. The smallest absolute Gasteiger partial charge is 0.129 e. The highest BCUT2D eigenvalue weighted by atomic mass is 32.1. The molecule has 0 amide bonds. The Morgan fingerprint density at radius 1 is 1.48 bits per heavy atom. The first-order valence-electron chi connectivity index (χ1n) is 7.51. The number of nitrogens with zero attached hydrogens (tertiary/aromatic N) is 1. The van der Waals surface area contributed by atoms with Gasteiger partial charge in [-0.15, -0.1) is 0 Å². The molecule has 3 rings (SSSR count). The minimum Gasteiger partial charge on any atom is -0.496 e. The maximum absolute atomic E-state index is 5.87. The topological polar surface area (TPSA) is 47.7 Å². The number of methoxy groups -OCH3 is 1. The summed E-state index contributed by atoms with van der Waals surface area (Å²) in [5.41, 5.74) is 7.76. The third-order valence-electron chi connectivity index (χ3n) is 4.51. The number of morpholine rings is 1. The predicted octanol–water partition coefficient (Wildman–Crippen LogP) is 2.08. The molecular weight excluding hydrogens is 284 g/mol. The van der Waals surface area contributed by atoms with Crippen molar-refractivity contribution in [1.82, 2.24) is 4.90 Å². The fourth-order valence-corrected chi connectivity index (χ4v) is 3.64. The van der Waals surface area contributed by atoms with Crippen LogP contribution in [0, 0.1) is 0 Å². The van der Waals surface area contributed by atoms with E-state index in [1.165, 1.54) is 24.8 Å². The summed E-state index contributed by atoms with van der Waals surface area (Å²) in [4.78, 5) is 2.91. The second-order valence-corrected chi connectivity index (χ2v) is 6.22. The van der Waals surface area contributed by atoms with Gasteiger partial charge in [0.1, 0.15) is 10.7 Å². The Labute approximate surface area is 131 Å². The van der Waals surface area contributed by atoms with Gasteiger partial charge in [-0.2, -0.15) is 0 Å². The molecule has 5 heteroatoms. The summed E-state index contributed by atoms with van der Waals surface area (Å²) in [7, 11) is 1.66. The first-order valence-corrected chi connectivity index (χ1v) is 7.92. The molecule has 2 unspecified atom stereocenters. The largest absolute Gasteiger partial charge is 0.496 e. The highest BCUT2D eigenvalue weighted by Gasteiger charge is 2.35. The molecule has 1 heterocycles. The van der Waals surface area contributed by atoms with Crippen LogP contribution in [0.4, 0.5) is 0 Å². The SMILES string of the molecule is COc1cc(CN2CCOC3CCCC32)ccc1C(N)=S. The summed E-state index contributed by atoms with van der Waals surface area (Å²) in [6, 6.07) is 6.67. The number of fused-ring (bicyclic) bond motifs is 1. The molecule has 1 saturated heterocycles. The summed E-state index contributed by atoms with van der Waals surface area (Å²) >= 11 is 5.05. The van der Waals surface area contributed by atoms with Crippen LogP contribution in [0.25, 0.3) is 0 Å². The molecule has 0 aromatic heterocycles. The van der Waals surface area contributed by atoms with Crippen molar-refractivity contribution in [3.8, 4) is 5.75 Å². The quantitative estimate of drug-likeness (QED) is 0.863. The molecule has 1 aliphatic heterocycles. The van der Waals surface area contributed by atoms with E-state index in [2.05, 4.69) is 11.0 Å². The van der Waals surface area contributed by atoms with Crippen LogP contribution in [-0.2, 0) is 11.3 Å². The molecule has 1 saturated carbocycles. The average Bonchev–Trinajstić information content (AvgIpc) is 2.96. The zero-order chi connectivity index (χ0) is 14.8. The molecular formula is C16H22N2O2S. The Balaban J connectivity index is 1.76. The lowest BCUT2D eigenvalue weighted by Gasteiger charge is -2.37. The highest BCUT2D eigenvalue weighted by molar-refractivity contribution is 7.80. The van der Waals surface area contributed by atoms with Crippen molar-refractivity contribution in [2.45, 2.75) is 38.0 Å². The van der Waals surface area contributed by atoms with Crippen LogP contribution < -0.4 is 10.5 Å². The number of rotatable bonds is 4. The van der Waals surface area contributed by atoms with Crippen molar-refractivity contribution >= 4 is 17.2 Å². The fraction of sp³-hybridized carbons (Fsp3) is 0.562. The summed E-state index contributed by atoms with van der Waals surface area (Å²) in [6.45, 7) is 2.77. The predicted molar refractivity (Wildman–Crippen MR) is 86.7 cm³/mol. The molecule has 0 bridgehead atoms. The zero-order valence-corrected chi connectivity index (χ0v) is 13.2. The Morgan fingerprint density at radius 3 is 3.10 bits per heavy atom. The van der Waals surface area contributed by atoms with E-state index in [1.807, 2.05) is 12.1 Å². The van der Waals surface area contributed by atoms with E-state index in [9.17, 15) is 0 Å². The van der Waals surface area contributed by atoms with Gasteiger partial charge < -0.3 is 15.2 Å². The van der Waals surface area contributed by atoms with Gasteiger partial charge in [-0.05, 0) is 37.0 Å². The number of thiocarbonyl (C=S) groups is 1. The maximum atomic E-state index is 5.87. The lowest BCUT2D eigenvalue weighted by Crippen LogP contribution is -2.47. The van der Waals surface area contributed by atoms with Gasteiger partial charge in [0.15, 0.2) is 0 Å². The molecule has 114 valence electrons. The molecule has 2 fully saturated rings. The highest BCUT2D eigenvalue weighted by Crippen LogP contribution is 2.31. The number of hydrogen-bond acceptors (Lipinski definition) is 4. The van der Waals surface area contributed by atoms with Crippen LogP contribution >= 0.6 is 12.2 Å². The van der Waals surface area contributed by atoms with Crippen LogP contribution in [0.5, 0.6) is 5.75 Å². The van der Waals surface area contributed by atoms with Crippen LogP contribution in [0.1, 0.15) is 30.4 Å². The Kier molecular flexibility index (Phi) is 4.42. The molecule has 1 aromatic rings. The fourth-order valence-electron chi connectivity index (χ4n) is 3.47. The van der Waals surface area contributed by atoms with Crippen molar-refractivity contribution in [2.75, 3.05) is 20.3 Å². The molecule has 2 N–H and O–H groups in total. The summed E-state index contributed by atoms with van der Waals surface area (Å²) in [5.74, 6) is 0.760. The Hall–Kier alpha value is -1.17. The van der Waals surface area contributed by atoms with Gasteiger partial charge in [0, 0.05) is 19.1 Å². The zero-order valence-electron chi connectivity index (χ0n) is 12.4. The van der Waals surface area contributed by atoms with E-state index in [0.717, 1.165) is 31.0 Å². The maximum Gasteiger partial charge on any atom is 0.129 e. The van der Waals surface area contributed by atoms with Crippen molar-refractivity contribution in [1.29, 1.82) is 0 Å². The van der Waals surface area contributed by atoms with E-state index < -0.39 is 0 Å². The molecule has 21 heavy (non-hydrogen) atoms. The van der Waals surface area contributed by atoms with Gasteiger partial charge in [0.25, 0.3) is 0 Å². The first-order chi connectivity index (χ1) is 10.2. The third-order valence-corrected chi connectivity index (χ3v) is 4.73. The molecule has 0 spiro atoms. The van der Waals surface area contributed by atoms with Crippen molar-refractivity contribution in [2.24, 2.45) is 5.73 Å². The van der Waals surface area contributed by atoms with Gasteiger partial charge in [-0.25, -0.2) is 0 Å². The van der Waals surface area contributed by atoms with E-state index in [0.29, 0.717) is 17.1 Å². The lowest BCUT2D eigenvalue weighted by atomic mass is 10.1. The van der Waals surface area contributed by atoms with Crippen LogP contribution in [0.3, 0.4) is 0 Å². The molecule has 2 aliphatic rings. The van der Waals surface area contributed by atoms with Gasteiger partial charge in [0.05, 0.1) is 25.4 Å². The van der Waals surface area contributed by atoms with Crippen LogP contribution in [0.2, 0.25) is 0 Å². The van der Waals surface area contributed by atoms with Crippen molar-refractivity contribution < 1.29 is 9.47 Å². The first kappa shape index (κ1) is 14.8. The molecule has 1 aliphatic carbocycles. The minimum absolute atomic E-state index is 0.376. The Bertz CT molecular complexity index is 535. The number of hydrogen-bond donors (Lipinski definition) is 1. The summed E-state index contributed by atoms with van der Waals surface area (Å²) < 4.78 is 11.3. The molecule has 0 radical (unpaired) electrons. The van der Waals surface area contributed by atoms with Gasteiger partial charge in [0.2, 0.25) is 0 Å². The lowest BCUT2D eigenvalue weighted by molar-refractivity contribution is -0.0588. The molecule has 4 nitrogen and oxygen atoms in total. The van der Waals surface area contributed by atoms with E-state index in [4.69, 9.17) is 27.4 Å².